The SMILES string of the molecule is COc1ccc([C@H]2CNC(=O)[C@@H](Cc3occ4cccc(F)c34)C2)cc1OC1CCCC1. The number of furan rings is 1. The maximum absolute atomic E-state index is 14.4. The summed E-state index contributed by atoms with van der Waals surface area (Å²) in [6, 6.07) is 10.9. The lowest BCUT2D eigenvalue weighted by atomic mass is 9.82. The van der Waals surface area contributed by atoms with Crippen LogP contribution < -0.4 is 14.8 Å². The molecular formula is C26H28FNO4. The fourth-order valence-corrected chi connectivity index (χ4v) is 5.06. The predicted octanol–water partition coefficient (Wildman–Crippen LogP) is 5.36. The Labute approximate surface area is 186 Å². The van der Waals surface area contributed by atoms with Crippen LogP contribution in [-0.2, 0) is 11.2 Å². The first-order chi connectivity index (χ1) is 15.6. The van der Waals surface area contributed by atoms with Crippen molar-refractivity contribution in [1.82, 2.24) is 5.32 Å². The standard InChI is InChI=1S/C26H28FNO4/c1-30-22-10-9-16(12-23(22)32-20-6-2-3-7-20)19-11-18(26(29)28-14-19)13-24-25-17(15-31-24)5-4-8-21(25)27/h4-5,8-10,12,15,18-20H,2-3,6-7,11,13-14H2,1H3,(H,28,29)/t18-,19-/m1/s1. The quantitative estimate of drug-likeness (QED) is 0.564. The third-order valence-corrected chi connectivity index (χ3v) is 6.80. The van der Waals surface area contributed by atoms with Gasteiger partial charge < -0.3 is 19.2 Å². The molecule has 0 spiro atoms. The highest BCUT2D eigenvalue weighted by atomic mass is 19.1. The molecule has 5 nitrogen and oxygen atoms in total. The zero-order valence-corrected chi connectivity index (χ0v) is 18.2. The fourth-order valence-electron chi connectivity index (χ4n) is 5.06. The Hall–Kier alpha value is -3.02. The van der Waals surface area contributed by atoms with Gasteiger partial charge in [-0.2, -0.15) is 0 Å². The van der Waals surface area contributed by atoms with E-state index in [1.807, 2.05) is 18.2 Å². The highest BCUT2D eigenvalue weighted by Gasteiger charge is 2.32. The lowest BCUT2D eigenvalue weighted by molar-refractivity contribution is -0.127. The molecule has 1 aliphatic carbocycles. The number of piperidine rings is 1. The van der Waals surface area contributed by atoms with Crippen molar-refractivity contribution in [2.24, 2.45) is 5.92 Å². The number of amides is 1. The zero-order chi connectivity index (χ0) is 22.1. The van der Waals surface area contributed by atoms with E-state index in [4.69, 9.17) is 13.9 Å². The normalized spacial score (nSPS) is 21.6. The highest BCUT2D eigenvalue weighted by molar-refractivity contribution is 5.86. The van der Waals surface area contributed by atoms with Crippen molar-refractivity contribution < 1.29 is 23.1 Å². The minimum absolute atomic E-state index is 0.0157. The summed E-state index contributed by atoms with van der Waals surface area (Å²) >= 11 is 0. The number of fused-ring (bicyclic) bond motifs is 1. The average molecular weight is 438 g/mol. The molecular weight excluding hydrogens is 409 g/mol. The van der Waals surface area contributed by atoms with Crippen LogP contribution in [-0.4, -0.2) is 25.7 Å². The van der Waals surface area contributed by atoms with Gasteiger partial charge in [0.15, 0.2) is 11.5 Å². The van der Waals surface area contributed by atoms with Crippen molar-refractivity contribution in [2.75, 3.05) is 13.7 Å². The molecule has 0 bridgehead atoms. The number of carbonyl (C=O) groups excluding carboxylic acids is 1. The smallest absolute Gasteiger partial charge is 0.223 e. The van der Waals surface area contributed by atoms with Gasteiger partial charge in [-0.15, -0.1) is 0 Å². The number of rotatable bonds is 6. The molecule has 1 saturated carbocycles. The first-order valence-corrected chi connectivity index (χ1v) is 11.4. The van der Waals surface area contributed by atoms with Crippen LogP contribution in [0.1, 0.15) is 49.3 Å². The lowest BCUT2D eigenvalue weighted by Gasteiger charge is -2.29. The number of methoxy groups -OCH3 is 1. The predicted molar refractivity (Wildman–Crippen MR) is 120 cm³/mol. The highest BCUT2D eigenvalue weighted by Crippen LogP contribution is 2.37. The third kappa shape index (κ3) is 4.06. The number of benzene rings is 2. The fraction of sp³-hybridized carbons (Fsp3) is 0.423. The van der Waals surface area contributed by atoms with E-state index in [-0.39, 0.29) is 29.7 Å². The van der Waals surface area contributed by atoms with E-state index in [0.717, 1.165) is 35.3 Å². The maximum atomic E-state index is 14.4. The van der Waals surface area contributed by atoms with Gasteiger partial charge in [-0.05, 0) is 55.9 Å². The number of hydrogen-bond donors (Lipinski definition) is 1. The summed E-state index contributed by atoms with van der Waals surface area (Å²) in [5.74, 6) is 1.54. The second-order valence-electron chi connectivity index (χ2n) is 8.88. The number of hydrogen-bond acceptors (Lipinski definition) is 4. The van der Waals surface area contributed by atoms with Gasteiger partial charge in [-0.1, -0.05) is 18.2 Å². The van der Waals surface area contributed by atoms with Gasteiger partial charge in [0, 0.05) is 30.2 Å². The average Bonchev–Trinajstić information content (AvgIpc) is 3.46. The van der Waals surface area contributed by atoms with Crippen molar-refractivity contribution in [2.45, 2.75) is 50.5 Å². The van der Waals surface area contributed by atoms with Gasteiger partial charge in [0.1, 0.15) is 11.6 Å². The van der Waals surface area contributed by atoms with Crippen LogP contribution >= 0.6 is 0 Å². The summed E-state index contributed by atoms with van der Waals surface area (Å²) < 4.78 is 31.8. The molecule has 1 N–H and O–H groups in total. The monoisotopic (exact) mass is 437 g/mol. The van der Waals surface area contributed by atoms with Gasteiger partial charge in [-0.25, -0.2) is 4.39 Å². The molecule has 1 amide bonds. The van der Waals surface area contributed by atoms with Gasteiger partial charge >= 0.3 is 0 Å². The van der Waals surface area contributed by atoms with E-state index in [1.165, 1.54) is 18.9 Å². The van der Waals surface area contributed by atoms with Crippen LogP contribution in [0, 0.1) is 11.7 Å². The van der Waals surface area contributed by atoms with Gasteiger partial charge in [0.2, 0.25) is 5.91 Å². The second-order valence-corrected chi connectivity index (χ2v) is 8.88. The number of ether oxygens (including phenoxy) is 2. The first kappa shape index (κ1) is 20.9. The van der Waals surface area contributed by atoms with Crippen LogP contribution in [0.3, 0.4) is 0 Å². The van der Waals surface area contributed by atoms with E-state index in [0.29, 0.717) is 30.5 Å². The Morgan fingerprint density at radius 3 is 2.81 bits per heavy atom. The molecule has 2 aliphatic rings. The molecule has 0 unspecified atom stereocenters. The Morgan fingerprint density at radius 1 is 1.16 bits per heavy atom. The number of halogens is 1. The van der Waals surface area contributed by atoms with Crippen molar-refractivity contribution in [3.63, 3.8) is 0 Å². The molecule has 0 radical (unpaired) electrons. The molecule has 168 valence electrons. The third-order valence-electron chi connectivity index (χ3n) is 6.80. The minimum Gasteiger partial charge on any atom is -0.493 e. The molecule has 3 aromatic rings. The second kappa shape index (κ2) is 8.85. The minimum atomic E-state index is -0.317. The molecule has 2 aromatic carbocycles. The Bertz CT molecular complexity index is 1120. The Balaban J connectivity index is 1.36. The van der Waals surface area contributed by atoms with Crippen LogP contribution in [0.5, 0.6) is 11.5 Å². The van der Waals surface area contributed by atoms with Crippen LogP contribution in [0.4, 0.5) is 4.39 Å². The molecule has 1 aromatic heterocycles. The molecule has 1 saturated heterocycles. The van der Waals surface area contributed by atoms with Crippen molar-refractivity contribution in [3.8, 4) is 11.5 Å². The molecule has 6 heteroatoms. The van der Waals surface area contributed by atoms with Crippen molar-refractivity contribution in [1.29, 1.82) is 0 Å². The van der Waals surface area contributed by atoms with Gasteiger partial charge in [0.05, 0.1) is 24.9 Å². The topological polar surface area (TPSA) is 60.7 Å². The zero-order valence-electron chi connectivity index (χ0n) is 18.2. The summed E-state index contributed by atoms with van der Waals surface area (Å²) in [6.07, 6.45) is 7.37. The molecule has 32 heavy (non-hydrogen) atoms. The summed E-state index contributed by atoms with van der Waals surface area (Å²) in [5.41, 5.74) is 1.11. The number of carbonyl (C=O) groups is 1. The van der Waals surface area contributed by atoms with E-state index >= 15 is 0 Å². The lowest BCUT2D eigenvalue weighted by Crippen LogP contribution is -2.41. The van der Waals surface area contributed by atoms with E-state index in [1.54, 1.807) is 19.4 Å². The van der Waals surface area contributed by atoms with Crippen molar-refractivity contribution >= 4 is 16.7 Å². The Kier molecular flexibility index (Phi) is 5.77. The van der Waals surface area contributed by atoms with Crippen molar-refractivity contribution in [3.05, 3.63) is 59.8 Å². The van der Waals surface area contributed by atoms with E-state index < -0.39 is 0 Å². The maximum Gasteiger partial charge on any atom is 0.223 e. The first-order valence-electron chi connectivity index (χ1n) is 11.4. The Morgan fingerprint density at radius 2 is 2.00 bits per heavy atom. The number of nitrogens with one attached hydrogen (secondary N) is 1. The van der Waals surface area contributed by atoms with Gasteiger partial charge in [0.25, 0.3) is 0 Å². The summed E-state index contributed by atoms with van der Waals surface area (Å²) in [6.45, 7) is 0.567. The van der Waals surface area contributed by atoms with Crippen LogP contribution in [0.25, 0.3) is 10.8 Å². The molecule has 2 fully saturated rings. The molecule has 2 atom stereocenters. The van der Waals surface area contributed by atoms with Crippen LogP contribution in [0.2, 0.25) is 0 Å². The summed E-state index contributed by atoms with van der Waals surface area (Å²) in [7, 11) is 1.65. The summed E-state index contributed by atoms with van der Waals surface area (Å²) in [4.78, 5) is 12.6. The van der Waals surface area contributed by atoms with E-state index in [2.05, 4.69) is 11.4 Å². The summed E-state index contributed by atoms with van der Waals surface area (Å²) in [5, 5.41) is 4.22. The molecule has 2 heterocycles. The van der Waals surface area contributed by atoms with Gasteiger partial charge in [-0.3, -0.25) is 4.79 Å². The van der Waals surface area contributed by atoms with E-state index in [9.17, 15) is 9.18 Å². The largest absolute Gasteiger partial charge is 0.493 e. The molecule has 5 rings (SSSR count). The van der Waals surface area contributed by atoms with Crippen LogP contribution in [0.15, 0.2) is 47.1 Å². The molecule has 1 aliphatic heterocycles.